The van der Waals surface area contributed by atoms with Gasteiger partial charge in [-0.05, 0) is 52.3 Å². The van der Waals surface area contributed by atoms with Gasteiger partial charge in [0.25, 0.3) is 0 Å². The van der Waals surface area contributed by atoms with Gasteiger partial charge in [0.2, 0.25) is 0 Å². The van der Waals surface area contributed by atoms with Crippen molar-refractivity contribution in [3.8, 4) is 17.6 Å². The van der Waals surface area contributed by atoms with E-state index in [0.717, 1.165) is 6.07 Å². The van der Waals surface area contributed by atoms with Crippen LogP contribution in [0.3, 0.4) is 0 Å². The van der Waals surface area contributed by atoms with Crippen LogP contribution in [-0.4, -0.2) is 0 Å². The van der Waals surface area contributed by atoms with E-state index in [0.29, 0.717) is 5.75 Å². The van der Waals surface area contributed by atoms with Crippen molar-refractivity contribution >= 4 is 15.9 Å². The summed E-state index contributed by atoms with van der Waals surface area (Å²) in [5, 5.41) is 8.60. The Kier molecular flexibility index (Phi) is 3.58. The number of benzene rings is 2. The first kappa shape index (κ1) is 12.5. The molecule has 0 aliphatic heterocycles. The molecule has 0 aliphatic rings. The molecule has 90 valence electrons. The summed E-state index contributed by atoms with van der Waals surface area (Å²) < 4.78 is 32.0. The zero-order valence-electron chi connectivity index (χ0n) is 8.95. The van der Waals surface area contributed by atoms with Gasteiger partial charge >= 0.3 is 0 Å². The van der Waals surface area contributed by atoms with Crippen molar-refractivity contribution < 1.29 is 13.5 Å². The molecule has 0 aliphatic carbocycles. The van der Waals surface area contributed by atoms with Crippen LogP contribution in [-0.2, 0) is 0 Å². The van der Waals surface area contributed by atoms with E-state index in [1.54, 1.807) is 0 Å². The van der Waals surface area contributed by atoms with Crippen LogP contribution in [0.2, 0.25) is 0 Å². The van der Waals surface area contributed by atoms with Gasteiger partial charge in [0.15, 0.2) is 11.6 Å². The van der Waals surface area contributed by atoms with Crippen LogP contribution in [0.5, 0.6) is 11.5 Å². The average Bonchev–Trinajstić information content (AvgIpc) is 2.36. The molecule has 0 amide bonds. The van der Waals surface area contributed by atoms with Crippen molar-refractivity contribution in [2.45, 2.75) is 0 Å². The summed E-state index contributed by atoms with van der Waals surface area (Å²) >= 11 is 3.01. The largest absolute Gasteiger partial charge is 0.454 e. The zero-order valence-corrected chi connectivity index (χ0v) is 10.5. The highest BCUT2D eigenvalue weighted by Gasteiger charge is 2.07. The summed E-state index contributed by atoms with van der Waals surface area (Å²) in [5.74, 6) is -0.795. The monoisotopic (exact) mass is 309 g/mol. The molecule has 0 saturated heterocycles. The van der Waals surface area contributed by atoms with Gasteiger partial charge in [-0.25, -0.2) is 8.78 Å². The van der Waals surface area contributed by atoms with Crippen LogP contribution in [0.15, 0.2) is 40.9 Å². The van der Waals surface area contributed by atoms with Crippen LogP contribution < -0.4 is 4.74 Å². The van der Waals surface area contributed by atoms with E-state index >= 15 is 0 Å². The maximum atomic E-state index is 13.5. The molecule has 0 bridgehead atoms. The Morgan fingerprint density at radius 3 is 2.44 bits per heavy atom. The lowest BCUT2D eigenvalue weighted by Crippen LogP contribution is -1.90. The second kappa shape index (κ2) is 5.15. The fraction of sp³-hybridized carbons (Fsp3) is 0. The van der Waals surface area contributed by atoms with E-state index in [-0.39, 0.29) is 15.8 Å². The molecular weight excluding hydrogens is 304 g/mol. The normalized spacial score (nSPS) is 9.89. The topological polar surface area (TPSA) is 33.0 Å². The number of ether oxygens (including phenoxy) is 1. The Morgan fingerprint density at radius 1 is 1.06 bits per heavy atom. The quantitative estimate of drug-likeness (QED) is 0.824. The minimum absolute atomic E-state index is 0.0208. The maximum Gasteiger partial charge on any atom is 0.167 e. The predicted octanol–water partition coefficient (Wildman–Crippen LogP) is 4.39. The van der Waals surface area contributed by atoms with Gasteiger partial charge in [-0.1, -0.05) is 0 Å². The molecule has 2 rings (SSSR count). The Morgan fingerprint density at radius 2 is 1.83 bits per heavy atom. The van der Waals surface area contributed by atoms with E-state index in [2.05, 4.69) is 15.9 Å². The van der Waals surface area contributed by atoms with E-state index in [1.165, 1.54) is 30.3 Å². The molecule has 0 atom stereocenters. The summed E-state index contributed by atoms with van der Waals surface area (Å²) in [6, 6.07) is 9.69. The van der Waals surface area contributed by atoms with E-state index in [1.807, 2.05) is 6.07 Å². The Labute approximate surface area is 111 Å². The smallest absolute Gasteiger partial charge is 0.167 e. The molecule has 2 nitrogen and oxygen atoms in total. The number of nitriles is 1. The SMILES string of the molecule is N#Cc1ccc(Oc2ccc(F)c(Br)c2)c(F)c1. The van der Waals surface area contributed by atoms with Gasteiger partial charge in [0.05, 0.1) is 16.1 Å². The average molecular weight is 310 g/mol. The van der Waals surface area contributed by atoms with Crippen LogP contribution in [0.4, 0.5) is 8.78 Å². The Hall–Kier alpha value is -1.93. The first-order valence-corrected chi connectivity index (χ1v) is 5.72. The van der Waals surface area contributed by atoms with Crippen molar-refractivity contribution in [1.82, 2.24) is 0 Å². The molecule has 0 radical (unpaired) electrons. The number of hydrogen-bond donors (Lipinski definition) is 0. The third-order valence-electron chi connectivity index (χ3n) is 2.18. The van der Waals surface area contributed by atoms with Gasteiger partial charge in [0.1, 0.15) is 11.6 Å². The van der Waals surface area contributed by atoms with Crippen LogP contribution in [0.1, 0.15) is 5.56 Å². The minimum atomic E-state index is -0.644. The highest BCUT2D eigenvalue weighted by molar-refractivity contribution is 9.10. The Balaban J connectivity index is 2.29. The minimum Gasteiger partial charge on any atom is -0.454 e. The fourth-order valence-corrected chi connectivity index (χ4v) is 1.68. The second-order valence-corrected chi connectivity index (χ2v) is 4.29. The van der Waals surface area contributed by atoms with Gasteiger partial charge in [0, 0.05) is 0 Å². The molecule has 0 saturated carbocycles. The van der Waals surface area contributed by atoms with Crippen molar-refractivity contribution in [2.75, 3.05) is 0 Å². The molecule has 0 N–H and O–H groups in total. The first-order valence-electron chi connectivity index (χ1n) is 4.92. The lowest BCUT2D eigenvalue weighted by atomic mass is 10.2. The highest BCUT2D eigenvalue weighted by Crippen LogP contribution is 2.28. The number of hydrogen-bond acceptors (Lipinski definition) is 2. The van der Waals surface area contributed by atoms with Crippen LogP contribution in [0.25, 0.3) is 0 Å². The van der Waals surface area contributed by atoms with Crippen molar-refractivity contribution in [3.05, 3.63) is 58.1 Å². The van der Waals surface area contributed by atoms with Gasteiger partial charge in [-0.3, -0.25) is 0 Å². The van der Waals surface area contributed by atoms with E-state index in [9.17, 15) is 8.78 Å². The standard InChI is InChI=1S/C13H6BrF2NO/c14-10-6-9(2-3-11(10)15)18-13-4-1-8(7-17)5-12(13)16/h1-6H. The molecule has 0 heterocycles. The number of rotatable bonds is 2. The molecular formula is C13H6BrF2NO. The summed E-state index contributed by atoms with van der Waals surface area (Å²) in [4.78, 5) is 0. The third-order valence-corrected chi connectivity index (χ3v) is 2.79. The lowest BCUT2D eigenvalue weighted by Gasteiger charge is -2.07. The molecule has 0 unspecified atom stereocenters. The summed E-state index contributed by atoms with van der Waals surface area (Å²) in [7, 11) is 0. The molecule has 2 aromatic rings. The van der Waals surface area contributed by atoms with E-state index < -0.39 is 11.6 Å². The summed E-state index contributed by atoms with van der Waals surface area (Å²) in [6.45, 7) is 0. The maximum absolute atomic E-state index is 13.5. The molecule has 18 heavy (non-hydrogen) atoms. The van der Waals surface area contributed by atoms with Crippen molar-refractivity contribution in [1.29, 1.82) is 5.26 Å². The fourth-order valence-electron chi connectivity index (χ4n) is 1.32. The molecule has 0 spiro atoms. The summed E-state index contributed by atoms with van der Waals surface area (Å²) in [5.41, 5.74) is 0.208. The number of halogens is 3. The van der Waals surface area contributed by atoms with Gasteiger partial charge < -0.3 is 4.74 Å². The van der Waals surface area contributed by atoms with Crippen molar-refractivity contribution in [3.63, 3.8) is 0 Å². The highest BCUT2D eigenvalue weighted by atomic mass is 79.9. The van der Waals surface area contributed by atoms with Gasteiger partial charge in [-0.15, -0.1) is 0 Å². The number of nitrogens with zero attached hydrogens (tertiary/aromatic N) is 1. The molecule has 2 aromatic carbocycles. The second-order valence-electron chi connectivity index (χ2n) is 3.43. The lowest BCUT2D eigenvalue weighted by molar-refractivity contribution is 0.440. The van der Waals surface area contributed by atoms with Crippen LogP contribution in [0, 0.1) is 23.0 Å². The Bertz CT molecular complexity index is 637. The van der Waals surface area contributed by atoms with Gasteiger partial charge in [-0.2, -0.15) is 5.26 Å². The third kappa shape index (κ3) is 2.66. The van der Waals surface area contributed by atoms with Crippen molar-refractivity contribution in [2.24, 2.45) is 0 Å². The zero-order chi connectivity index (χ0) is 13.1. The molecule has 5 heteroatoms. The van der Waals surface area contributed by atoms with E-state index in [4.69, 9.17) is 10.00 Å². The predicted molar refractivity (Wildman–Crippen MR) is 65.3 cm³/mol. The summed E-state index contributed by atoms with van der Waals surface area (Å²) in [6.07, 6.45) is 0. The molecule has 0 aromatic heterocycles. The molecule has 0 fully saturated rings. The first-order chi connectivity index (χ1) is 8.60. The van der Waals surface area contributed by atoms with Crippen LogP contribution >= 0.6 is 15.9 Å².